The van der Waals surface area contributed by atoms with E-state index in [2.05, 4.69) is 11.8 Å². The molecule has 0 aliphatic carbocycles. The van der Waals surface area contributed by atoms with E-state index in [1.165, 1.54) is 0 Å². The zero-order valence-electron chi connectivity index (χ0n) is 16.2. The summed E-state index contributed by atoms with van der Waals surface area (Å²) in [6, 6.07) is 5.46. The standard InChI is InChI=1S/C21H25Cl2N3O2/c1-13-11-28-12-21(13)6-8-26(9-7-21)20-17(10-27)25-19(14(2)24-20)15-4-3-5-16(22)18(15)23/h3-5,13,27H,6-12H2,1-2H3/t13-/m1/s1. The summed E-state index contributed by atoms with van der Waals surface area (Å²) in [7, 11) is 0. The van der Waals surface area contributed by atoms with Gasteiger partial charge in [0.15, 0.2) is 5.82 Å². The number of aliphatic hydroxyl groups excluding tert-OH is 1. The molecule has 0 amide bonds. The van der Waals surface area contributed by atoms with Crippen LogP contribution >= 0.6 is 23.2 Å². The summed E-state index contributed by atoms with van der Waals surface area (Å²) in [6.07, 6.45) is 2.14. The number of aromatic nitrogens is 2. The molecule has 1 atom stereocenters. The fourth-order valence-electron chi connectivity index (χ4n) is 4.40. The van der Waals surface area contributed by atoms with Gasteiger partial charge in [-0.05, 0) is 31.7 Å². The van der Waals surface area contributed by atoms with Gasteiger partial charge in [0.25, 0.3) is 0 Å². The number of piperidine rings is 1. The van der Waals surface area contributed by atoms with Crippen LogP contribution in [0.2, 0.25) is 10.0 Å². The van der Waals surface area contributed by atoms with Gasteiger partial charge in [0.1, 0.15) is 5.69 Å². The second-order valence-corrected chi connectivity index (χ2v) is 8.74. The lowest BCUT2D eigenvalue weighted by atomic mass is 9.72. The predicted molar refractivity (Wildman–Crippen MR) is 112 cm³/mol. The third-order valence-electron chi connectivity index (χ3n) is 6.34. The van der Waals surface area contributed by atoms with Crippen molar-refractivity contribution >= 4 is 29.0 Å². The molecule has 2 aliphatic rings. The zero-order valence-corrected chi connectivity index (χ0v) is 17.7. The van der Waals surface area contributed by atoms with Crippen molar-refractivity contribution in [2.45, 2.75) is 33.3 Å². The molecule has 2 saturated heterocycles. The number of nitrogens with zero attached hydrogens (tertiary/aromatic N) is 3. The Morgan fingerprint density at radius 2 is 2.00 bits per heavy atom. The lowest BCUT2D eigenvalue weighted by Crippen LogP contribution is -2.44. The number of anilines is 1. The summed E-state index contributed by atoms with van der Waals surface area (Å²) >= 11 is 12.5. The van der Waals surface area contributed by atoms with Gasteiger partial charge in [-0.3, -0.25) is 0 Å². The van der Waals surface area contributed by atoms with Gasteiger partial charge >= 0.3 is 0 Å². The van der Waals surface area contributed by atoms with Crippen LogP contribution in [0.1, 0.15) is 31.2 Å². The average molecular weight is 422 g/mol. The average Bonchev–Trinajstić information content (AvgIpc) is 3.04. The fraction of sp³-hybridized carbons (Fsp3) is 0.524. The van der Waals surface area contributed by atoms with Crippen molar-refractivity contribution < 1.29 is 9.84 Å². The second kappa shape index (κ2) is 7.79. The van der Waals surface area contributed by atoms with Crippen LogP contribution in [-0.2, 0) is 11.3 Å². The van der Waals surface area contributed by atoms with Gasteiger partial charge in [-0.1, -0.05) is 42.3 Å². The van der Waals surface area contributed by atoms with Gasteiger partial charge < -0.3 is 14.7 Å². The number of aryl methyl sites for hydroxylation is 1. The first kappa shape index (κ1) is 19.9. The maximum Gasteiger partial charge on any atom is 0.153 e. The highest BCUT2D eigenvalue weighted by atomic mass is 35.5. The molecule has 2 aliphatic heterocycles. The van der Waals surface area contributed by atoms with E-state index in [0.29, 0.717) is 27.4 Å². The third kappa shape index (κ3) is 3.39. The van der Waals surface area contributed by atoms with Crippen molar-refractivity contribution in [2.24, 2.45) is 11.3 Å². The van der Waals surface area contributed by atoms with Crippen LogP contribution in [0.15, 0.2) is 18.2 Å². The molecule has 2 aromatic rings. The topological polar surface area (TPSA) is 58.5 Å². The van der Waals surface area contributed by atoms with Crippen LogP contribution in [0.5, 0.6) is 0 Å². The smallest absolute Gasteiger partial charge is 0.153 e. The maximum absolute atomic E-state index is 9.97. The van der Waals surface area contributed by atoms with Crippen molar-refractivity contribution in [1.82, 2.24) is 9.97 Å². The summed E-state index contributed by atoms with van der Waals surface area (Å²) in [5.74, 6) is 1.36. The molecule has 1 spiro atoms. The van der Waals surface area contributed by atoms with Gasteiger partial charge in [0.05, 0.1) is 34.6 Å². The van der Waals surface area contributed by atoms with E-state index in [4.69, 9.17) is 37.9 Å². The first-order valence-corrected chi connectivity index (χ1v) is 10.5. The Kier molecular flexibility index (Phi) is 5.53. The molecule has 5 nitrogen and oxygen atoms in total. The molecule has 2 fully saturated rings. The molecule has 3 heterocycles. The Morgan fingerprint density at radius 3 is 2.64 bits per heavy atom. The number of halogens is 2. The molecule has 28 heavy (non-hydrogen) atoms. The van der Waals surface area contributed by atoms with E-state index >= 15 is 0 Å². The number of hydrogen-bond acceptors (Lipinski definition) is 5. The second-order valence-electron chi connectivity index (χ2n) is 7.95. The quantitative estimate of drug-likeness (QED) is 0.789. The van der Waals surface area contributed by atoms with Crippen LogP contribution in [0, 0.1) is 18.3 Å². The summed E-state index contributed by atoms with van der Waals surface area (Å²) in [5, 5.41) is 10.9. The van der Waals surface area contributed by atoms with E-state index in [-0.39, 0.29) is 12.0 Å². The Labute approximate surface area is 175 Å². The Bertz CT molecular complexity index is 882. The molecular weight excluding hydrogens is 397 g/mol. The van der Waals surface area contributed by atoms with Crippen LogP contribution < -0.4 is 4.90 Å². The third-order valence-corrected chi connectivity index (χ3v) is 7.16. The number of rotatable bonds is 3. The molecule has 0 saturated carbocycles. The first-order chi connectivity index (χ1) is 13.4. The molecular formula is C21H25Cl2N3O2. The summed E-state index contributed by atoms with van der Waals surface area (Å²) < 4.78 is 5.73. The van der Waals surface area contributed by atoms with Gasteiger partial charge in [-0.25, -0.2) is 9.97 Å². The van der Waals surface area contributed by atoms with E-state index < -0.39 is 0 Å². The van der Waals surface area contributed by atoms with Gasteiger partial charge in [-0.2, -0.15) is 0 Å². The minimum atomic E-state index is -0.172. The lowest BCUT2D eigenvalue weighted by molar-refractivity contribution is 0.127. The maximum atomic E-state index is 9.97. The SMILES string of the molecule is Cc1nc(N2CCC3(CC2)COC[C@H]3C)c(CO)nc1-c1cccc(Cl)c1Cl. The highest BCUT2D eigenvalue weighted by molar-refractivity contribution is 6.43. The molecule has 150 valence electrons. The predicted octanol–water partition coefficient (Wildman–Crippen LogP) is 4.50. The number of ether oxygens (including phenoxy) is 1. The van der Waals surface area contributed by atoms with E-state index in [9.17, 15) is 5.11 Å². The van der Waals surface area contributed by atoms with Crippen LogP contribution in [0.4, 0.5) is 5.82 Å². The Morgan fingerprint density at radius 1 is 1.25 bits per heavy atom. The fourth-order valence-corrected chi connectivity index (χ4v) is 4.79. The number of benzene rings is 1. The van der Waals surface area contributed by atoms with Crippen molar-refractivity contribution in [3.05, 3.63) is 39.6 Å². The number of aliphatic hydroxyl groups is 1. The van der Waals surface area contributed by atoms with Crippen molar-refractivity contribution in [3.8, 4) is 11.3 Å². The molecule has 1 aromatic carbocycles. The number of hydrogen-bond donors (Lipinski definition) is 1. The first-order valence-electron chi connectivity index (χ1n) is 9.70. The molecule has 0 unspecified atom stereocenters. The molecule has 7 heteroatoms. The van der Waals surface area contributed by atoms with E-state index in [0.717, 1.165) is 56.2 Å². The lowest BCUT2D eigenvalue weighted by Gasteiger charge is -2.41. The Balaban J connectivity index is 1.64. The normalized spacial score (nSPS) is 21.5. The van der Waals surface area contributed by atoms with Crippen molar-refractivity contribution in [2.75, 3.05) is 31.2 Å². The molecule has 1 N–H and O–H groups in total. The van der Waals surface area contributed by atoms with Crippen molar-refractivity contribution in [3.63, 3.8) is 0 Å². The van der Waals surface area contributed by atoms with E-state index in [1.54, 1.807) is 6.07 Å². The molecule has 4 rings (SSSR count). The summed E-state index contributed by atoms with van der Waals surface area (Å²) in [4.78, 5) is 11.8. The van der Waals surface area contributed by atoms with Gasteiger partial charge in [-0.15, -0.1) is 0 Å². The van der Waals surface area contributed by atoms with Gasteiger partial charge in [0, 0.05) is 30.7 Å². The van der Waals surface area contributed by atoms with Crippen LogP contribution in [0.3, 0.4) is 0 Å². The molecule has 0 bridgehead atoms. The zero-order chi connectivity index (χ0) is 19.9. The minimum Gasteiger partial charge on any atom is -0.390 e. The van der Waals surface area contributed by atoms with Crippen LogP contribution in [-0.4, -0.2) is 41.4 Å². The Hall–Kier alpha value is -1.40. The van der Waals surface area contributed by atoms with Gasteiger partial charge in [0.2, 0.25) is 0 Å². The highest BCUT2D eigenvalue weighted by Crippen LogP contribution is 2.44. The monoisotopic (exact) mass is 421 g/mol. The minimum absolute atomic E-state index is 0.172. The highest BCUT2D eigenvalue weighted by Gasteiger charge is 2.43. The summed E-state index contributed by atoms with van der Waals surface area (Å²) in [6.45, 7) is 7.53. The molecule has 1 aromatic heterocycles. The summed E-state index contributed by atoms with van der Waals surface area (Å²) in [5.41, 5.74) is 3.02. The van der Waals surface area contributed by atoms with E-state index in [1.807, 2.05) is 19.1 Å². The van der Waals surface area contributed by atoms with Crippen LogP contribution in [0.25, 0.3) is 11.3 Å². The molecule has 0 radical (unpaired) electrons. The van der Waals surface area contributed by atoms with Crippen molar-refractivity contribution in [1.29, 1.82) is 0 Å². The largest absolute Gasteiger partial charge is 0.390 e.